The fourth-order valence-electron chi connectivity index (χ4n) is 5.57. The molecular formula is C39H51BrN4O11Si. The predicted octanol–water partition coefficient (Wildman–Crippen LogP) is 6.70. The van der Waals surface area contributed by atoms with E-state index in [1.165, 1.54) is 33.5 Å². The van der Waals surface area contributed by atoms with Gasteiger partial charge in [-0.05, 0) is 108 Å². The van der Waals surface area contributed by atoms with E-state index >= 15 is 0 Å². The van der Waals surface area contributed by atoms with Gasteiger partial charge in [0.2, 0.25) is 17.6 Å². The van der Waals surface area contributed by atoms with Gasteiger partial charge in [-0.2, -0.15) is 0 Å². The van der Waals surface area contributed by atoms with Crippen molar-refractivity contribution in [3.05, 3.63) is 69.7 Å². The number of benzene rings is 3. The van der Waals surface area contributed by atoms with Gasteiger partial charge >= 0.3 is 12.1 Å². The first-order valence-electron chi connectivity index (χ1n) is 17.7. The first-order valence-corrected chi connectivity index (χ1v) is 21.4. The van der Waals surface area contributed by atoms with Crippen molar-refractivity contribution in [2.75, 3.05) is 27.1 Å². The van der Waals surface area contributed by atoms with Crippen molar-refractivity contribution in [2.45, 2.75) is 89.5 Å². The number of fused-ring (bicyclic) bond motifs is 9. The monoisotopic (exact) mass is 858 g/mol. The summed E-state index contributed by atoms with van der Waals surface area (Å²) >= 11 is 3.45. The Hall–Kier alpha value is -5.00. The number of carbonyl (C=O) groups excluding carboxylic acids is 4. The molecule has 56 heavy (non-hydrogen) atoms. The second-order valence-corrected chi connectivity index (χ2v) is 21.3. The maximum Gasteiger partial charge on any atom is 0.408 e. The van der Waals surface area contributed by atoms with Gasteiger partial charge in [-0.25, -0.2) is 9.59 Å². The SMILES string of the molecule is COC(=O)[C@@H]1NC(=O)[C@H](c2ccc(OC)c(Br)c2)NC(=O)[C@H](NC(=O)OC(C)(C)C)c2cc(O)c(OC)c(c2)Oc2ccc(cc2N)[C@@H]1O[Si](C)(C)C(C)(C)C. The quantitative estimate of drug-likeness (QED) is 0.0956. The third-order valence-corrected chi connectivity index (χ3v) is 14.5. The molecule has 0 aliphatic carbocycles. The number of rotatable bonds is 7. The first kappa shape index (κ1) is 43.7. The van der Waals surface area contributed by atoms with Gasteiger partial charge in [0.1, 0.15) is 29.5 Å². The lowest BCUT2D eigenvalue weighted by molar-refractivity contribution is -0.148. The summed E-state index contributed by atoms with van der Waals surface area (Å²) in [5.74, 6) is -2.60. The molecule has 3 aromatic rings. The first-order chi connectivity index (χ1) is 26.0. The molecule has 3 amide bonds. The van der Waals surface area contributed by atoms with E-state index in [1.54, 1.807) is 57.2 Å². The second kappa shape index (κ2) is 17.0. The summed E-state index contributed by atoms with van der Waals surface area (Å²) in [5.41, 5.74) is 6.43. The molecule has 2 aliphatic rings. The minimum Gasteiger partial charge on any atom is -0.504 e. The van der Waals surface area contributed by atoms with Crippen molar-refractivity contribution < 1.29 is 52.4 Å². The van der Waals surface area contributed by atoms with E-state index in [2.05, 4.69) is 31.9 Å². The molecule has 4 bridgehead atoms. The van der Waals surface area contributed by atoms with Crippen LogP contribution in [-0.2, 0) is 28.3 Å². The van der Waals surface area contributed by atoms with Crippen LogP contribution in [0.4, 0.5) is 10.5 Å². The summed E-state index contributed by atoms with van der Waals surface area (Å²) in [4.78, 5) is 56.2. The zero-order valence-corrected chi connectivity index (χ0v) is 36.0. The number of aromatic hydroxyl groups is 1. The van der Waals surface area contributed by atoms with Gasteiger partial charge in [0.25, 0.3) is 0 Å². The third kappa shape index (κ3) is 10.0. The molecule has 0 fully saturated rings. The van der Waals surface area contributed by atoms with Crippen LogP contribution in [0.5, 0.6) is 28.7 Å². The largest absolute Gasteiger partial charge is 0.504 e. The Balaban J connectivity index is 2.04. The molecule has 0 aromatic heterocycles. The van der Waals surface area contributed by atoms with Gasteiger partial charge in [0, 0.05) is 0 Å². The van der Waals surface area contributed by atoms with E-state index in [0.717, 1.165) is 0 Å². The van der Waals surface area contributed by atoms with Crippen LogP contribution in [0, 0.1) is 0 Å². The van der Waals surface area contributed by atoms with E-state index in [4.69, 9.17) is 33.8 Å². The second-order valence-electron chi connectivity index (χ2n) is 15.7. The van der Waals surface area contributed by atoms with Crippen LogP contribution in [0.25, 0.3) is 0 Å². The number of nitrogens with one attached hydrogen (secondary N) is 3. The van der Waals surface area contributed by atoms with Crippen LogP contribution < -0.4 is 35.9 Å². The number of esters is 1. The maximum absolute atomic E-state index is 14.7. The average Bonchev–Trinajstić information content (AvgIpc) is 3.09. The molecule has 0 saturated carbocycles. The van der Waals surface area contributed by atoms with Crippen molar-refractivity contribution >= 4 is 53.8 Å². The topological polar surface area (TPSA) is 206 Å². The highest BCUT2D eigenvalue weighted by Gasteiger charge is 2.45. The number of carbonyl (C=O) groups is 4. The van der Waals surface area contributed by atoms with Crippen LogP contribution in [0.15, 0.2) is 53.0 Å². The molecule has 0 spiro atoms. The number of phenols is 1. The van der Waals surface area contributed by atoms with Crippen LogP contribution in [0.3, 0.4) is 0 Å². The van der Waals surface area contributed by atoms with E-state index < -0.39 is 67.8 Å². The van der Waals surface area contributed by atoms with E-state index in [-0.39, 0.29) is 39.1 Å². The van der Waals surface area contributed by atoms with Crippen LogP contribution in [-0.4, -0.2) is 70.3 Å². The molecule has 0 radical (unpaired) electrons. The summed E-state index contributed by atoms with van der Waals surface area (Å²) in [6, 6.07) is 7.49. The van der Waals surface area contributed by atoms with Crippen molar-refractivity contribution in [3.8, 4) is 28.7 Å². The molecule has 4 atom stereocenters. The highest BCUT2D eigenvalue weighted by atomic mass is 79.9. The number of amides is 3. The molecule has 0 saturated heterocycles. The highest BCUT2D eigenvalue weighted by molar-refractivity contribution is 9.10. The number of halogens is 1. The Morgan fingerprint density at radius 3 is 2.09 bits per heavy atom. The summed E-state index contributed by atoms with van der Waals surface area (Å²) < 4.78 is 35.1. The Morgan fingerprint density at radius 2 is 1.54 bits per heavy atom. The molecule has 6 N–H and O–H groups in total. The number of hydrogen-bond donors (Lipinski definition) is 5. The number of nitrogens with two attached hydrogens (primary N) is 1. The highest BCUT2D eigenvalue weighted by Crippen LogP contribution is 2.45. The Bertz CT molecular complexity index is 1980. The van der Waals surface area contributed by atoms with Crippen molar-refractivity contribution in [1.82, 2.24) is 16.0 Å². The minimum atomic E-state index is -2.72. The zero-order valence-electron chi connectivity index (χ0n) is 33.4. The number of methoxy groups -OCH3 is 3. The molecule has 5 rings (SSSR count). The van der Waals surface area contributed by atoms with Gasteiger partial charge in [0.05, 0.1) is 31.5 Å². The molecular weight excluding hydrogens is 808 g/mol. The van der Waals surface area contributed by atoms with E-state index in [9.17, 15) is 24.3 Å². The Labute approximate surface area is 336 Å². The number of phenolic OH excluding ortho intramolecular Hbond substituents is 1. The van der Waals surface area contributed by atoms with Crippen LogP contribution in [0.2, 0.25) is 18.1 Å². The van der Waals surface area contributed by atoms with Crippen LogP contribution in [0.1, 0.15) is 76.4 Å². The Morgan fingerprint density at radius 1 is 0.875 bits per heavy atom. The lowest BCUT2D eigenvalue weighted by Crippen LogP contribution is -2.54. The predicted molar refractivity (Wildman–Crippen MR) is 214 cm³/mol. The van der Waals surface area contributed by atoms with Gasteiger partial charge < -0.3 is 54.9 Å². The normalized spacial score (nSPS) is 19.2. The molecule has 2 heterocycles. The number of hydrogen-bond acceptors (Lipinski definition) is 12. The van der Waals surface area contributed by atoms with Crippen molar-refractivity contribution in [2.24, 2.45) is 0 Å². The Kier molecular flexibility index (Phi) is 13.3. The molecule has 0 unspecified atom stereocenters. The lowest BCUT2D eigenvalue weighted by atomic mass is 9.98. The van der Waals surface area contributed by atoms with E-state index in [1.807, 2.05) is 33.9 Å². The van der Waals surface area contributed by atoms with Crippen molar-refractivity contribution in [3.63, 3.8) is 0 Å². The maximum atomic E-state index is 14.7. The number of nitrogen functional groups attached to an aromatic ring is 1. The van der Waals surface area contributed by atoms with Gasteiger partial charge in [-0.1, -0.05) is 32.9 Å². The number of alkyl carbamates (subject to hydrolysis) is 1. The van der Waals surface area contributed by atoms with Crippen molar-refractivity contribution in [1.29, 1.82) is 0 Å². The van der Waals surface area contributed by atoms with Gasteiger partial charge in [-0.15, -0.1) is 0 Å². The lowest BCUT2D eigenvalue weighted by Gasteiger charge is -2.41. The van der Waals surface area contributed by atoms with Gasteiger partial charge in [0.15, 0.2) is 31.6 Å². The molecule has 15 nitrogen and oxygen atoms in total. The third-order valence-electron chi connectivity index (χ3n) is 9.44. The average molecular weight is 860 g/mol. The number of ether oxygens (including phenoxy) is 5. The van der Waals surface area contributed by atoms with E-state index in [0.29, 0.717) is 15.8 Å². The van der Waals surface area contributed by atoms with Gasteiger partial charge in [-0.3, -0.25) is 9.59 Å². The summed E-state index contributed by atoms with van der Waals surface area (Å²) in [6.45, 7) is 15.0. The minimum absolute atomic E-state index is 0.0225. The van der Waals surface area contributed by atoms with Crippen LogP contribution >= 0.6 is 15.9 Å². The molecule has 2 aliphatic heterocycles. The fraction of sp³-hybridized carbons (Fsp3) is 0.436. The summed E-state index contributed by atoms with van der Waals surface area (Å²) in [7, 11) is 1.25. The zero-order chi connectivity index (χ0) is 41.9. The number of anilines is 1. The fourth-order valence-corrected chi connectivity index (χ4v) is 7.39. The smallest absolute Gasteiger partial charge is 0.408 e. The molecule has 3 aromatic carbocycles. The molecule has 304 valence electrons. The molecule has 17 heteroatoms. The standard InChI is InChI=1S/C39H51BrN4O11Si/c1-38(2,3)54-37(49)44-30-22-18-25(45)33(51-8)28(19-22)53-27-15-13-21(17-24(27)41)32(55-56(10,11)39(4,5)6)31(36(48)52-9)43-34(46)29(42-35(30)47)20-12-14-26(50-7)23(40)16-20/h12-19,29-32,45H,41H2,1-11H3,(H,42,47)(H,43,46)(H,44,49)/t29-,30+,31+,32-/m0/s1. The summed E-state index contributed by atoms with van der Waals surface area (Å²) in [6.07, 6.45) is -2.12. The summed E-state index contributed by atoms with van der Waals surface area (Å²) in [5, 5.41) is 18.9.